The number of anilines is 1. The molecular formula is C21H25F2N3O3. The van der Waals surface area contributed by atoms with E-state index in [0.717, 1.165) is 57.7 Å². The Labute approximate surface area is 168 Å². The van der Waals surface area contributed by atoms with Gasteiger partial charge in [0.25, 0.3) is 5.89 Å². The first-order chi connectivity index (χ1) is 13.8. The van der Waals surface area contributed by atoms with Crippen molar-refractivity contribution in [3.8, 4) is 0 Å². The molecule has 0 spiro atoms. The van der Waals surface area contributed by atoms with Crippen LogP contribution in [0.1, 0.15) is 67.5 Å². The number of nitrogens with zero attached hydrogens (tertiary/aromatic N) is 2. The fourth-order valence-electron chi connectivity index (χ4n) is 4.64. The number of hydrogen-bond acceptors (Lipinski definition) is 6. The molecule has 0 aliphatic heterocycles. The predicted molar refractivity (Wildman–Crippen MR) is 102 cm³/mol. The van der Waals surface area contributed by atoms with E-state index in [9.17, 15) is 13.6 Å². The number of nitrogens with one attached hydrogen (secondary N) is 1. The number of benzene rings is 1. The van der Waals surface area contributed by atoms with Gasteiger partial charge in [-0.15, -0.1) is 0 Å². The minimum absolute atomic E-state index is 0.157. The number of methoxy groups -OCH3 is 1. The molecule has 8 heteroatoms. The van der Waals surface area contributed by atoms with E-state index in [4.69, 9.17) is 9.26 Å². The van der Waals surface area contributed by atoms with Crippen molar-refractivity contribution in [2.45, 2.75) is 56.8 Å². The quantitative estimate of drug-likeness (QED) is 0.704. The minimum atomic E-state index is -3.11. The molecule has 156 valence electrons. The van der Waals surface area contributed by atoms with Gasteiger partial charge in [-0.1, -0.05) is 11.2 Å². The first-order valence-electron chi connectivity index (χ1n) is 9.90. The van der Waals surface area contributed by atoms with Crippen molar-refractivity contribution in [2.24, 2.45) is 5.41 Å². The molecule has 3 aliphatic rings. The summed E-state index contributed by atoms with van der Waals surface area (Å²) in [6.45, 7) is 1.58. The summed E-state index contributed by atoms with van der Waals surface area (Å²) in [7, 11) is 1.37. The molecule has 1 heterocycles. The highest BCUT2D eigenvalue weighted by atomic mass is 19.3. The molecule has 6 nitrogen and oxygen atoms in total. The Hall–Kier alpha value is -2.51. The maximum absolute atomic E-state index is 13.5. The van der Waals surface area contributed by atoms with Crippen LogP contribution in [0, 0.1) is 5.41 Å². The van der Waals surface area contributed by atoms with E-state index in [2.05, 4.69) is 15.5 Å². The molecule has 0 unspecified atom stereocenters. The molecule has 5 rings (SSSR count). The lowest BCUT2D eigenvalue weighted by molar-refractivity contribution is -0.0158. The zero-order valence-electron chi connectivity index (χ0n) is 16.6. The van der Waals surface area contributed by atoms with Crippen molar-refractivity contribution in [1.29, 1.82) is 0 Å². The third-order valence-electron chi connectivity index (χ3n) is 6.63. The summed E-state index contributed by atoms with van der Waals surface area (Å²) in [4.78, 5) is 15.8. The molecule has 3 fully saturated rings. The molecule has 1 aromatic carbocycles. The molecule has 1 N–H and O–H groups in total. The molecule has 0 saturated heterocycles. The van der Waals surface area contributed by atoms with Gasteiger partial charge in [0, 0.05) is 24.6 Å². The van der Waals surface area contributed by atoms with Crippen LogP contribution in [-0.2, 0) is 16.1 Å². The SMILES string of the molecule is COC(=O)c1cccc(NCC23CCC(c4noc(C(C)(F)F)n4)(CC2)CC3)c1. The van der Waals surface area contributed by atoms with Crippen molar-refractivity contribution in [1.82, 2.24) is 10.1 Å². The van der Waals surface area contributed by atoms with Gasteiger partial charge in [0.1, 0.15) is 0 Å². The summed E-state index contributed by atoms with van der Waals surface area (Å²) in [6, 6.07) is 7.29. The van der Waals surface area contributed by atoms with E-state index in [-0.39, 0.29) is 16.8 Å². The maximum atomic E-state index is 13.5. The highest BCUT2D eigenvalue weighted by molar-refractivity contribution is 5.90. The summed E-state index contributed by atoms with van der Waals surface area (Å²) >= 11 is 0. The molecular weight excluding hydrogens is 380 g/mol. The van der Waals surface area contributed by atoms with Gasteiger partial charge in [0.15, 0.2) is 5.82 Å². The standard InChI is InChI=1S/C21H25F2N3O3/c1-19(22,23)18-25-17(26-29-18)21-9-6-20(7-10-21,8-11-21)13-24-15-5-3-4-14(12-15)16(27)28-2/h3-5,12,24H,6-11,13H2,1-2H3. The first kappa shape index (κ1) is 19.8. The third-order valence-corrected chi connectivity index (χ3v) is 6.63. The summed E-state index contributed by atoms with van der Waals surface area (Å²) in [5.41, 5.74) is 1.31. The van der Waals surface area contributed by atoms with E-state index >= 15 is 0 Å². The number of ether oxygens (including phenoxy) is 1. The van der Waals surface area contributed by atoms with Gasteiger partial charge >= 0.3 is 11.9 Å². The zero-order valence-corrected chi connectivity index (χ0v) is 16.6. The van der Waals surface area contributed by atoms with Gasteiger partial charge in [-0.05, 0) is 62.1 Å². The van der Waals surface area contributed by atoms with Crippen molar-refractivity contribution in [2.75, 3.05) is 19.0 Å². The predicted octanol–water partition coefficient (Wildman–Crippen LogP) is 4.67. The normalized spacial score (nSPS) is 26.3. The van der Waals surface area contributed by atoms with E-state index in [1.165, 1.54) is 7.11 Å². The number of aromatic nitrogens is 2. The van der Waals surface area contributed by atoms with Crippen molar-refractivity contribution >= 4 is 11.7 Å². The second-order valence-corrected chi connectivity index (χ2v) is 8.52. The number of carbonyl (C=O) groups excluding carboxylic acids is 1. The number of esters is 1. The summed E-state index contributed by atoms with van der Waals surface area (Å²) < 4.78 is 36.5. The Kier molecular flexibility index (Phi) is 4.83. The highest BCUT2D eigenvalue weighted by Crippen LogP contribution is 2.57. The van der Waals surface area contributed by atoms with Gasteiger partial charge in [-0.2, -0.15) is 13.8 Å². The van der Waals surface area contributed by atoms with Gasteiger partial charge < -0.3 is 14.6 Å². The van der Waals surface area contributed by atoms with Crippen LogP contribution in [0.2, 0.25) is 0 Å². The van der Waals surface area contributed by atoms with Crippen molar-refractivity contribution in [3.63, 3.8) is 0 Å². The molecule has 0 amide bonds. The van der Waals surface area contributed by atoms with Crippen LogP contribution in [0.15, 0.2) is 28.8 Å². The van der Waals surface area contributed by atoms with Crippen LogP contribution in [0.4, 0.5) is 14.5 Å². The van der Waals surface area contributed by atoms with Gasteiger partial charge in [0.2, 0.25) is 0 Å². The fourth-order valence-corrected chi connectivity index (χ4v) is 4.64. The molecule has 2 aromatic rings. The number of fused-ring (bicyclic) bond motifs is 3. The van der Waals surface area contributed by atoms with E-state index < -0.39 is 11.8 Å². The minimum Gasteiger partial charge on any atom is -0.465 e. The lowest BCUT2D eigenvalue weighted by atomic mass is 9.53. The molecule has 29 heavy (non-hydrogen) atoms. The largest absolute Gasteiger partial charge is 0.465 e. The Morgan fingerprint density at radius 2 is 1.93 bits per heavy atom. The monoisotopic (exact) mass is 405 g/mol. The van der Waals surface area contributed by atoms with Crippen molar-refractivity contribution < 1.29 is 22.8 Å². The molecule has 0 atom stereocenters. The van der Waals surface area contributed by atoms with Crippen LogP contribution in [0.25, 0.3) is 0 Å². The number of alkyl halides is 2. The van der Waals surface area contributed by atoms with E-state index in [1.54, 1.807) is 12.1 Å². The summed E-state index contributed by atoms with van der Waals surface area (Å²) in [5.74, 6) is -3.64. The smallest absolute Gasteiger partial charge is 0.337 e. The lowest BCUT2D eigenvalue weighted by Gasteiger charge is -2.52. The van der Waals surface area contributed by atoms with Gasteiger partial charge in [0.05, 0.1) is 12.7 Å². The van der Waals surface area contributed by atoms with Crippen molar-refractivity contribution in [3.05, 3.63) is 41.5 Å². The molecule has 3 saturated carbocycles. The van der Waals surface area contributed by atoms with Gasteiger partial charge in [-0.3, -0.25) is 0 Å². The van der Waals surface area contributed by atoms with Gasteiger partial charge in [-0.25, -0.2) is 4.79 Å². The third kappa shape index (κ3) is 3.72. The average Bonchev–Trinajstić information content (AvgIpc) is 3.25. The van der Waals surface area contributed by atoms with Crippen LogP contribution < -0.4 is 5.32 Å². The Bertz CT molecular complexity index is 882. The second-order valence-electron chi connectivity index (χ2n) is 8.52. The Balaban J connectivity index is 1.41. The number of carbonyl (C=O) groups is 1. The highest BCUT2D eigenvalue weighted by Gasteiger charge is 2.52. The lowest BCUT2D eigenvalue weighted by Crippen LogP contribution is -2.47. The molecule has 3 aliphatic carbocycles. The summed E-state index contributed by atoms with van der Waals surface area (Å²) in [6.07, 6.45) is 5.52. The number of hydrogen-bond donors (Lipinski definition) is 1. The molecule has 1 aromatic heterocycles. The van der Waals surface area contributed by atoms with Crippen LogP contribution in [-0.4, -0.2) is 29.8 Å². The van der Waals surface area contributed by atoms with E-state index in [0.29, 0.717) is 11.4 Å². The summed E-state index contributed by atoms with van der Waals surface area (Å²) in [5, 5.41) is 7.37. The first-order valence-corrected chi connectivity index (χ1v) is 9.90. The fraction of sp³-hybridized carbons (Fsp3) is 0.571. The van der Waals surface area contributed by atoms with Crippen LogP contribution >= 0.6 is 0 Å². The average molecular weight is 405 g/mol. The molecule has 0 radical (unpaired) electrons. The topological polar surface area (TPSA) is 77.2 Å². The van der Waals surface area contributed by atoms with E-state index in [1.807, 2.05) is 12.1 Å². The Morgan fingerprint density at radius 1 is 1.24 bits per heavy atom. The maximum Gasteiger partial charge on any atom is 0.337 e. The Morgan fingerprint density at radius 3 is 2.52 bits per heavy atom. The second kappa shape index (κ2) is 7.07. The zero-order chi connectivity index (χ0) is 20.7. The molecule has 2 bridgehead atoms. The van der Waals surface area contributed by atoms with Crippen LogP contribution in [0.3, 0.4) is 0 Å². The van der Waals surface area contributed by atoms with Crippen LogP contribution in [0.5, 0.6) is 0 Å². The number of rotatable bonds is 6. The number of halogens is 2.